The van der Waals surface area contributed by atoms with Crippen LogP contribution in [-0.2, 0) is 4.79 Å². The van der Waals surface area contributed by atoms with Gasteiger partial charge in [0.2, 0.25) is 5.91 Å². The Bertz CT molecular complexity index is 201. The number of nitrogens with one attached hydrogen (secondary N) is 1. The van der Waals surface area contributed by atoms with Crippen molar-refractivity contribution in [1.82, 2.24) is 5.32 Å². The summed E-state index contributed by atoms with van der Waals surface area (Å²) in [5.74, 6) is -0.534. The molecule has 2 unspecified atom stereocenters. The van der Waals surface area contributed by atoms with Crippen LogP contribution in [0, 0.1) is 5.41 Å². The van der Waals surface area contributed by atoms with Gasteiger partial charge in [-0.15, -0.1) is 0 Å². The van der Waals surface area contributed by atoms with Gasteiger partial charge in [-0.05, 0) is 11.8 Å². The summed E-state index contributed by atoms with van der Waals surface area (Å²) in [4.78, 5) is 10.6. The van der Waals surface area contributed by atoms with Crippen LogP contribution < -0.4 is 16.8 Å². The van der Waals surface area contributed by atoms with Gasteiger partial charge in [0.05, 0.1) is 12.1 Å². The number of carbonyl (C=O) groups excluding carboxylic acids is 1. The normalized spacial score (nSPS) is 16.1. The van der Waals surface area contributed by atoms with Gasteiger partial charge in [0.25, 0.3) is 0 Å². The molecule has 0 spiro atoms. The van der Waals surface area contributed by atoms with E-state index in [4.69, 9.17) is 11.5 Å². The summed E-state index contributed by atoms with van der Waals surface area (Å²) in [6.45, 7) is 6.91. The first-order valence-corrected chi connectivity index (χ1v) is 5.16. The predicted molar refractivity (Wildman–Crippen MR) is 60.1 cm³/mol. The maximum absolute atomic E-state index is 10.6. The van der Waals surface area contributed by atoms with Crippen LogP contribution >= 0.6 is 0 Å². The lowest BCUT2D eigenvalue weighted by atomic mass is 9.89. The smallest absolute Gasteiger partial charge is 0.235 e. The van der Waals surface area contributed by atoms with Crippen molar-refractivity contribution in [3.05, 3.63) is 0 Å². The number of primary amides is 1. The lowest BCUT2D eigenvalue weighted by Gasteiger charge is -2.22. The largest absolute Gasteiger partial charge is 0.392 e. The molecule has 1 amide bonds. The number of aliphatic hydroxyl groups is 1. The maximum Gasteiger partial charge on any atom is 0.235 e. The van der Waals surface area contributed by atoms with Crippen LogP contribution in [0.15, 0.2) is 0 Å². The van der Waals surface area contributed by atoms with Gasteiger partial charge in [-0.25, -0.2) is 0 Å². The number of aliphatic hydroxyl groups excluding tert-OH is 1. The molecule has 6 N–H and O–H groups in total. The second-order valence-corrected chi connectivity index (χ2v) is 5.09. The minimum Gasteiger partial charge on any atom is -0.392 e. The van der Waals surface area contributed by atoms with Crippen LogP contribution in [0.2, 0.25) is 0 Å². The molecular weight excluding hydrogens is 194 g/mol. The van der Waals surface area contributed by atoms with Gasteiger partial charge >= 0.3 is 0 Å². The summed E-state index contributed by atoms with van der Waals surface area (Å²) < 4.78 is 0. The van der Waals surface area contributed by atoms with Crippen molar-refractivity contribution < 1.29 is 9.90 Å². The molecule has 0 heterocycles. The molecule has 15 heavy (non-hydrogen) atoms. The van der Waals surface area contributed by atoms with Crippen molar-refractivity contribution in [3.63, 3.8) is 0 Å². The number of carbonyl (C=O) groups is 1. The van der Waals surface area contributed by atoms with E-state index in [9.17, 15) is 9.90 Å². The fourth-order valence-electron chi connectivity index (χ4n) is 1.29. The van der Waals surface area contributed by atoms with Crippen molar-refractivity contribution in [1.29, 1.82) is 0 Å². The van der Waals surface area contributed by atoms with E-state index in [1.54, 1.807) is 0 Å². The molecule has 0 saturated heterocycles. The highest BCUT2D eigenvalue weighted by Gasteiger charge is 2.16. The third-order valence-electron chi connectivity index (χ3n) is 1.96. The maximum atomic E-state index is 10.6. The molecule has 0 bridgehead atoms. The van der Waals surface area contributed by atoms with Crippen molar-refractivity contribution in [2.75, 3.05) is 13.1 Å². The molecular formula is C10H23N3O2. The van der Waals surface area contributed by atoms with Crippen LogP contribution in [0.5, 0.6) is 0 Å². The van der Waals surface area contributed by atoms with E-state index < -0.39 is 18.1 Å². The summed E-state index contributed by atoms with van der Waals surface area (Å²) in [6.07, 6.45) is 0.274. The van der Waals surface area contributed by atoms with Gasteiger partial charge in [-0.3, -0.25) is 4.79 Å². The average molecular weight is 217 g/mol. The van der Waals surface area contributed by atoms with Gasteiger partial charge < -0.3 is 21.9 Å². The zero-order chi connectivity index (χ0) is 12.1. The highest BCUT2D eigenvalue weighted by Crippen LogP contribution is 2.20. The van der Waals surface area contributed by atoms with E-state index in [2.05, 4.69) is 26.1 Å². The average Bonchev–Trinajstić information content (AvgIpc) is 2.00. The molecule has 0 aliphatic carbocycles. The number of amides is 1. The zero-order valence-electron chi connectivity index (χ0n) is 9.79. The highest BCUT2D eigenvalue weighted by atomic mass is 16.3. The summed E-state index contributed by atoms with van der Waals surface area (Å²) in [7, 11) is 0. The van der Waals surface area contributed by atoms with Gasteiger partial charge in [-0.1, -0.05) is 20.8 Å². The van der Waals surface area contributed by atoms with Gasteiger partial charge in [0.15, 0.2) is 0 Å². The Labute approximate surface area is 91.2 Å². The number of hydrogen-bond acceptors (Lipinski definition) is 4. The summed E-state index contributed by atoms with van der Waals surface area (Å²) in [5, 5.41) is 12.5. The van der Waals surface area contributed by atoms with E-state index in [0.29, 0.717) is 19.5 Å². The lowest BCUT2D eigenvalue weighted by molar-refractivity contribution is -0.119. The highest BCUT2D eigenvalue weighted by molar-refractivity contribution is 5.79. The predicted octanol–water partition coefficient (Wildman–Crippen LogP) is -0.814. The second-order valence-electron chi connectivity index (χ2n) is 5.09. The van der Waals surface area contributed by atoms with Crippen LogP contribution in [0.25, 0.3) is 0 Å². The first kappa shape index (κ1) is 14.3. The van der Waals surface area contributed by atoms with Crippen LogP contribution in [-0.4, -0.2) is 36.2 Å². The standard InChI is InChI=1S/C10H23N3O2/c1-10(2,3)4-7(14)5-13-6-8(11)9(12)15/h7-8,13-14H,4-6,11H2,1-3H3,(H2,12,15). The molecule has 0 aromatic rings. The first-order valence-electron chi connectivity index (χ1n) is 5.16. The molecule has 5 heteroatoms. The van der Waals surface area contributed by atoms with Crippen molar-refractivity contribution in [3.8, 4) is 0 Å². The summed E-state index contributed by atoms with van der Waals surface area (Å²) in [6, 6.07) is -0.688. The van der Waals surface area contributed by atoms with E-state index in [1.165, 1.54) is 0 Å². The number of rotatable bonds is 6. The SMILES string of the molecule is CC(C)(C)CC(O)CNCC(N)C(N)=O. The molecule has 90 valence electrons. The van der Waals surface area contributed by atoms with Crippen LogP contribution in [0.1, 0.15) is 27.2 Å². The Hall–Kier alpha value is -0.650. The van der Waals surface area contributed by atoms with Crippen LogP contribution in [0.3, 0.4) is 0 Å². The molecule has 0 radical (unpaired) electrons. The Morgan fingerprint density at radius 3 is 2.33 bits per heavy atom. The second kappa shape index (κ2) is 6.05. The van der Waals surface area contributed by atoms with Crippen molar-refractivity contribution >= 4 is 5.91 Å². The molecule has 0 rings (SSSR count). The Morgan fingerprint density at radius 1 is 1.40 bits per heavy atom. The molecule has 0 fully saturated rings. The topological polar surface area (TPSA) is 101 Å². The van der Waals surface area contributed by atoms with Gasteiger partial charge in [0, 0.05) is 13.1 Å². The van der Waals surface area contributed by atoms with E-state index in [-0.39, 0.29) is 5.41 Å². The van der Waals surface area contributed by atoms with E-state index >= 15 is 0 Å². The number of nitrogens with two attached hydrogens (primary N) is 2. The quantitative estimate of drug-likeness (QED) is 0.467. The van der Waals surface area contributed by atoms with Gasteiger partial charge in [0.1, 0.15) is 0 Å². The third kappa shape index (κ3) is 8.35. The first-order chi connectivity index (χ1) is 6.72. The Kier molecular flexibility index (Phi) is 5.79. The van der Waals surface area contributed by atoms with Crippen LogP contribution in [0.4, 0.5) is 0 Å². The third-order valence-corrected chi connectivity index (χ3v) is 1.96. The molecule has 2 atom stereocenters. The minimum absolute atomic E-state index is 0.0902. The lowest BCUT2D eigenvalue weighted by Crippen LogP contribution is -2.46. The zero-order valence-corrected chi connectivity index (χ0v) is 9.79. The van der Waals surface area contributed by atoms with Crippen molar-refractivity contribution in [2.45, 2.75) is 39.3 Å². The fourth-order valence-corrected chi connectivity index (χ4v) is 1.29. The Balaban J connectivity index is 3.64. The molecule has 0 aliphatic rings. The van der Waals surface area contributed by atoms with Crippen molar-refractivity contribution in [2.24, 2.45) is 16.9 Å². The molecule has 0 aliphatic heterocycles. The molecule has 0 aromatic heterocycles. The number of hydrogen-bond donors (Lipinski definition) is 4. The van der Waals surface area contributed by atoms with Gasteiger partial charge in [-0.2, -0.15) is 0 Å². The molecule has 0 saturated carbocycles. The van der Waals surface area contributed by atoms with E-state index in [1.807, 2.05) is 0 Å². The fraction of sp³-hybridized carbons (Fsp3) is 0.900. The summed E-state index contributed by atoms with van der Waals surface area (Å²) >= 11 is 0. The Morgan fingerprint density at radius 2 is 1.93 bits per heavy atom. The molecule has 5 nitrogen and oxygen atoms in total. The molecule has 0 aromatic carbocycles. The van der Waals surface area contributed by atoms with E-state index in [0.717, 1.165) is 0 Å². The minimum atomic E-state index is -0.688. The monoisotopic (exact) mass is 217 g/mol. The summed E-state index contributed by atoms with van der Waals surface area (Å²) in [5.41, 5.74) is 10.5.